The van der Waals surface area contributed by atoms with Crippen molar-refractivity contribution >= 4 is 45.0 Å². The van der Waals surface area contributed by atoms with E-state index in [0.29, 0.717) is 22.4 Å². The van der Waals surface area contributed by atoms with Gasteiger partial charge >= 0.3 is 0 Å². The summed E-state index contributed by atoms with van der Waals surface area (Å²) >= 11 is 15.1. The molecule has 0 saturated carbocycles. The first-order valence-corrected chi connectivity index (χ1v) is 7.62. The predicted molar refractivity (Wildman–Crippen MR) is 78.5 cm³/mol. The highest BCUT2D eigenvalue weighted by Gasteiger charge is 2.27. The number of hydrogen-bond acceptors (Lipinski definition) is 1. The maximum absolute atomic E-state index is 12.4. The number of hydrogen-bond donors (Lipinski definition) is 0. The number of likely N-dealkylation sites (tertiary alicyclic amines) is 1. The van der Waals surface area contributed by atoms with Crippen LogP contribution >= 0.6 is 39.1 Å². The van der Waals surface area contributed by atoms with Gasteiger partial charge in [0.15, 0.2) is 0 Å². The number of rotatable bonds is 3. The lowest BCUT2D eigenvalue weighted by Gasteiger charge is -2.17. The molecule has 1 atom stereocenters. The van der Waals surface area contributed by atoms with Crippen LogP contribution in [0.15, 0.2) is 22.7 Å². The molecule has 1 saturated heterocycles. The van der Waals surface area contributed by atoms with Crippen LogP contribution < -0.4 is 0 Å². The van der Waals surface area contributed by atoms with Crippen molar-refractivity contribution in [3.05, 3.63) is 33.3 Å². The highest BCUT2D eigenvalue weighted by Crippen LogP contribution is 2.26. The Hall–Kier alpha value is -0.250. The van der Waals surface area contributed by atoms with Gasteiger partial charge in [-0.1, -0.05) is 11.6 Å². The molecule has 1 unspecified atom stereocenters. The molecule has 1 aliphatic rings. The summed E-state index contributed by atoms with van der Waals surface area (Å²) < 4.78 is 0.790. The van der Waals surface area contributed by atoms with E-state index in [1.807, 2.05) is 11.0 Å². The minimum atomic E-state index is 0.0430. The van der Waals surface area contributed by atoms with Crippen molar-refractivity contribution in [2.24, 2.45) is 5.92 Å². The summed E-state index contributed by atoms with van der Waals surface area (Å²) in [6, 6.07) is 5.29. The highest BCUT2D eigenvalue weighted by atomic mass is 79.9. The van der Waals surface area contributed by atoms with E-state index in [9.17, 15) is 4.79 Å². The molecule has 1 amide bonds. The summed E-state index contributed by atoms with van der Waals surface area (Å²) in [4.78, 5) is 14.3. The van der Waals surface area contributed by atoms with Gasteiger partial charge in [0.1, 0.15) is 0 Å². The molecule has 0 bridgehead atoms. The molecule has 18 heavy (non-hydrogen) atoms. The van der Waals surface area contributed by atoms with Crippen LogP contribution in [0.5, 0.6) is 0 Å². The molecular formula is C13H14BrCl2NO. The van der Waals surface area contributed by atoms with Crippen LogP contribution in [0.4, 0.5) is 0 Å². The summed E-state index contributed by atoms with van der Waals surface area (Å²) in [5.41, 5.74) is 0.633. The molecule has 1 heterocycles. The molecule has 1 aliphatic heterocycles. The maximum atomic E-state index is 12.4. The minimum Gasteiger partial charge on any atom is -0.338 e. The lowest BCUT2D eigenvalue weighted by Crippen LogP contribution is -2.29. The van der Waals surface area contributed by atoms with Gasteiger partial charge in [0.25, 0.3) is 5.91 Å². The fraction of sp³-hybridized carbons (Fsp3) is 0.462. The lowest BCUT2D eigenvalue weighted by atomic mass is 10.1. The van der Waals surface area contributed by atoms with Crippen molar-refractivity contribution in [3.63, 3.8) is 0 Å². The first kappa shape index (κ1) is 14.2. The molecule has 5 heteroatoms. The van der Waals surface area contributed by atoms with E-state index in [-0.39, 0.29) is 5.91 Å². The van der Waals surface area contributed by atoms with Crippen LogP contribution in [0.1, 0.15) is 23.2 Å². The Morgan fingerprint density at radius 3 is 3.00 bits per heavy atom. The Labute approximate surface area is 125 Å². The normalized spacial score (nSPS) is 19.3. The number of carbonyl (C=O) groups is 1. The summed E-state index contributed by atoms with van der Waals surface area (Å²) in [5, 5.41) is 0.582. The van der Waals surface area contributed by atoms with Crippen LogP contribution in [0, 0.1) is 5.92 Å². The summed E-state index contributed by atoms with van der Waals surface area (Å²) in [5.74, 6) is 1.24. The Balaban J connectivity index is 2.10. The average molecular weight is 351 g/mol. The largest absolute Gasteiger partial charge is 0.338 e. The molecule has 98 valence electrons. The van der Waals surface area contributed by atoms with Gasteiger partial charge in [0.2, 0.25) is 0 Å². The van der Waals surface area contributed by atoms with Gasteiger partial charge in [-0.15, -0.1) is 11.6 Å². The van der Waals surface area contributed by atoms with Crippen LogP contribution in [-0.4, -0.2) is 29.8 Å². The fourth-order valence-electron chi connectivity index (χ4n) is 2.24. The van der Waals surface area contributed by atoms with E-state index in [1.54, 1.807) is 12.1 Å². The summed E-state index contributed by atoms with van der Waals surface area (Å²) in [6.45, 7) is 1.60. The third-order valence-corrected chi connectivity index (χ3v) is 4.39. The van der Waals surface area contributed by atoms with Crippen molar-refractivity contribution in [3.8, 4) is 0 Å². The second-order valence-corrected chi connectivity index (χ2v) is 6.18. The van der Waals surface area contributed by atoms with E-state index in [2.05, 4.69) is 15.9 Å². The Morgan fingerprint density at radius 1 is 1.50 bits per heavy atom. The van der Waals surface area contributed by atoms with Gasteiger partial charge in [0, 0.05) is 28.5 Å². The van der Waals surface area contributed by atoms with Crippen molar-refractivity contribution in [2.45, 2.75) is 12.8 Å². The molecule has 0 spiro atoms. The number of benzene rings is 1. The third kappa shape index (κ3) is 3.19. The smallest absolute Gasteiger partial charge is 0.255 e. The molecule has 0 aliphatic carbocycles. The lowest BCUT2D eigenvalue weighted by molar-refractivity contribution is 0.0786. The van der Waals surface area contributed by atoms with Crippen molar-refractivity contribution in [1.29, 1.82) is 0 Å². The zero-order valence-electron chi connectivity index (χ0n) is 9.83. The number of amides is 1. The molecule has 2 rings (SSSR count). The Morgan fingerprint density at radius 2 is 2.28 bits per heavy atom. The van der Waals surface area contributed by atoms with Gasteiger partial charge in [-0.05, 0) is 52.9 Å². The monoisotopic (exact) mass is 349 g/mol. The topological polar surface area (TPSA) is 20.3 Å². The standard InChI is InChI=1S/C13H14BrCl2NO/c14-12-2-1-10(16)7-11(12)13(18)17-6-4-9(8-17)3-5-15/h1-2,7,9H,3-6,8H2. The van der Waals surface area contributed by atoms with E-state index < -0.39 is 0 Å². The SMILES string of the molecule is O=C(c1cc(Cl)ccc1Br)N1CCC(CCCl)C1. The number of alkyl halides is 1. The second-order valence-electron chi connectivity index (χ2n) is 4.51. The third-order valence-electron chi connectivity index (χ3n) is 3.25. The van der Waals surface area contributed by atoms with Gasteiger partial charge in [-0.25, -0.2) is 0 Å². The first-order chi connectivity index (χ1) is 8.61. The number of nitrogens with zero attached hydrogens (tertiary/aromatic N) is 1. The van der Waals surface area contributed by atoms with Gasteiger partial charge in [0.05, 0.1) is 5.56 Å². The quantitative estimate of drug-likeness (QED) is 0.748. The van der Waals surface area contributed by atoms with E-state index in [1.165, 1.54) is 0 Å². The Kier molecular flexibility index (Phi) is 4.93. The fourth-order valence-corrected chi connectivity index (χ4v) is 3.14. The molecule has 1 aromatic carbocycles. The van der Waals surface area contributed by atoms with E-state index in [0.717, 1.165) is 30.4 Å². The van der Waals surface area contributed by atoms with Gasteiger partial charge in [-0.2, -0.15) is 0 Å². The van der Waals surface area contributed by atoms with E-state index >= 15 is 0 Å². The molecule has 1 fully saturated rings. The van der Waals surface area contributed by atoms with Crippen molar-refractivity contribution in [2.75, 3.05) is 19.0 Å². The molecule has 2 nitrogen and oxygen atoms in total. The average Bonchev–Trinajstić information content (AvgIpc) is 2.80. The minimum absolute atomic E-state index is 0.0430. The Bertz CT molecular complexity index is 453. The number of halogens is 3. The van der Waals surface area contributed by atoms with E-state index in [4.69, 9.17) is 23.2 Å². The van der Waals surface area contributed by atoms with Crippen LogP contribution in [0.2, 0.25) is 5.02 Å². The molecular weight excluding hydrogens is 337 g/mol. The van der Waals surface area contributed by atoms with Crippen molar-refractivity contribution < 1.29 is 4.79 Å². The van der Waals surface area contributed by atoms with Gasteiger partial charge < -0.3 is 4.90 Å². The van der Waals surface area contributed by atoms with Crippen LogP contribution in [0.25, 0.3) is 0 Å². The van der Waals surface area contributed by atoms with Crippen molar-refractivity contribution in [1.82, 2.24) is 4.90 Å². The molecule has 0 N–H and O–H groups in total. The first-order valence-electron chi connectivity index (χ1n) is 5.92. The molecule has 0 aromatic heterocycles. The van der Waals surface area contributed by atoms with Crippen LogP contribution in [-0.2, 0) is 0 Å². The van der Waals surface area contributed by atoms with Gasteiger partial charge in [-0.3, -0.25) is 4.79 Å². The number of carbonyl (C=O) groups excluding carboxylic acids is 1. The highest BCUT2D eigenvalue weighted by molar-refractivity contribution is 9.10. The molecule has 1 aromatic rings. The zero-order valence-corrected chi connectivity index (χ0v) is 12.9. The summed E-state index contributed by atoms with van der Waals surface area (Å²) in [7, 11) is 0. The zero-order chi connectivity index (χ0) is 13.1. The second kappa shape index (κ2) is 6.27. The summed E-state index contributed by atoms with van der Waals surface area (Å²) in [6.07, 6.45) is 2.01. The van der Waals surface area contributed by atoms with Crippen LogP contribution in [0.3, 0.4) is 0 Å². The maximum Gasteiger partial charge on any atom is 0.255 e. The molecule has 0 radical (unpaired) electrons. The predicted octanol–water partition coefficient (Wildman–Crippen LogP) is 4.19.